The Kier molecular flexibility index (Phi) is 5.57. The molecular weight excluding hydrogens is 378 g/mol. The number of nitrogens with one attached hydrogen (secondary N) is 1. The third-order valence-corrected chi connectivity index (χ3v) is 6.29. The second-order valence-corrected chi connectivity index (χ2v) is 9.37. The van der Waals surface area contributed by atoms with E-state index >= 15 is 0 Å². The van der Waals surface area contributed by atoms with Crippen molar-refractivity contribution in [2.45, 2.75) is 11.6 Å². The predicted molar refractivity (Wildman–Crippen MR) is 101 cm³/mol. The molecule has 0 saturated carbocycles. The monoisotopic (exact) mass is 395 g/mol. The number of sulfonamides is 1. The lowest BCUT2D eigenvalue weighted by molar-refractivity contribution is 0.102. The minimum absolute atomic E-state index is 0.0463. The Hall–Kier alpha value is -1.68. The number of imidazole rings is 1. The van der Waals surface area contributed by atoms with E-state index in [2.05, 4.69) is 9.71 Å². The zero-order valence-electron chi connectivity index (χ0n) is 13.5. The van der Waals surface area contributed by atoms with Gasteiger partial charge in [0.15, 0.2) is 10.9 Å². The molecule has 3 rings (SSSR count). The van der Waals surface area contributed by atoms with Crippen LogP contribution >= 0.6 is 23.1 Å². The van der Waals surface area contributed by atoms with Crippen LogP contribution in [0.1, 0.15) is 14.5 Å². The fraction of sp³-hybridized carbons (Fsp3) is 0.250. The van der Waals surface area contributed by atoms with Crippen LogP contribution in [0.4, 0.5) is 0 Å². The number of rotatable bonds is 8. The largest absolute Gasteiger partial charge is 0.295 e. The quantitative estimate of drug-likeness (QED) is 0.468. The topological polar surface area (TPSA) is 80.5 Å². The highest BCUT2D eigenvalue weighted by molar-refractivity contribution is 7.99. The minimum Gasteiger partial charge on any atom is -0.295 e. The van der Waals surface area contributed by atoms with Gasteiger partial charge in [-0.05, 0) is 30.7 Å². The lowest BCUT2D eigenvalue weighted by Crippen LogP contribution is -2.23. The highest BCUT2D eigenvalue weighted by atomic mass is 32.2. The Balaban J connectivity index is 1.57. The standard InChI is InChI=1S/C16H17N3O3S3/c1-25(21,22)18-8-7-13-5-6-15(24-13)14(20)11-23-16-17-10-12-4-2-3-9-19(12)16/h2-6,9-10,18H,7-8,11H2,1H3. The summed E-state index contributed by atoms with van der Waals surface area (Å²) in [5.41, 5.74) is 0.995. The van der Waals surface area contributed by atoms with Gasteiger partial charge in [0.1, 0.15) is 0 Å². The summed E-state index contributed by atoms with van der Waals surface area (Å²) in [6.45, 7) is 0.335. The molecule has 132 valence electrons. The van der Waals surface area contributed by atoms with E-state index in [-0.39, 0.29) is 5.78 Å². The van der Waals surface area contributed by atoms with Gasteiger partial charge in [-0.15, -0.1) is 11.3 Å². The third kappa shape index (κ3) is 4.91. The average Bonchev–Trinajstić information content (AvgIpc) is 3.18. The number of carbonyl (C=O) groups excluding carboxylic acids is 1. The van der Waals surface area contributed by atoms with E-state index in [1.54, 1.807) is 12.3 Å². The van der Waals surface area contributed by atoms with Gasteiger partial charge in [-0.25, -0.2) is 18.1 Å². The first-order valence-corrected chi connectivity index (χ1v) is 11.2. The molecule has 3 heterocycles. The van der Waals surface area contributed by atoms with Crippen LogP contribution in [0, 0.1) is 0 Å². The van der Waals surface area contributed by atoms with E-state index in [9.17, 15) is 13.2 Å². The van der Waals surface area contributed by atoms with E-state index in [4.69, 9.17) is 0 Å². The molecule has 0 spiro atoms. The van der Waals surface area contributed by atoms with Crippen LogP contribution in [0.25, 0.3) is 5.52 Å². The highest BCUT2D eigenvalue weighted by Crippen LogP contribution is 2.23. The lowest BCUT2D eigenvalue weighted by atomic mass is 10.3. The Morgan fingerprint density at radius 2 is 2.16 bits per heavy atom. The molecule has 3 aromatic heterocycles. The second-order valence-electron chi connectivity index (χ2n) is 5.43. The molecule has 0 amide bonds. The molecule has 0 saturated heterocycles. The van der Waals surface area contributed by atoms with E-state index in [0.29, 0.717) is 23.6 Å². The van der Waals surface area contributed by atoms with Crippen molar-refractivity contribution >= 4 is 44.4 Å². The lowest BCUT2D eigenvalue weighted by Gasteiger charge is -2.00. The maximum absolute atomic E-state index is 12.4. The smallest absolute Gasteiger partial charge is 0.208 e. The first kappa shape index (κ1) is 18.1. The molecule has 3 aromatic rings. The predicted octanol–water partition coefficient (Wildman–Crippen LogP) is 2.46. The number of Topliss-reactive ketones (excluding diaryl/α,β-unsaturated/α-hetero) is 1. The summed E-state index contributed by atoms with van der Waals surface area (Å²) in [6.07, 6.45) is 5.41. The van der Waals surface area contributed by atoms with E-state index < -0.39 is 10.0 Å². The SMILES string of the molecule is CS(=O)(=O)NCCc1ccc(C(=O)CSc2ncc3ccccn23)s1. The minimum atomic E-state index is -3.18. The van der Waals surface area contributed by atoms with Crippen LogP contribution in [-0.4, -0.2) is 42.1 Å². The van der Waals surface area contributed by atoms with Gasteiger partial charge in [0, 0.05) is 17.6 Å². The van der Waals surface area contributed by atoms with Crippen LogP contribution in [0.15, 0.2) is 47.9 Å². The Morgan fingerprint density at radius 3 is 2.96 bits per heavy atom. The molecule has 0 bridgehead atoms. The summed E-state index contributed by atoms with van der Waals surface area (Å²) >= 11 is 2.81. The van der Waals surface area contributed by atoms with E-state index in [1.165, 1.54) is 23.1 Å². The molecule has 0 aromatic carbocycles. The molecule has 6 nitrogen and oxygen atoms in total. The second kappa shape index (κ2) is 7.69. The zero-order valence-corrected chi connectivity index (χ0v) is 16.0. The Morgan fingerprint density at radius 1 is 1.32 bits per heavy atom. The summed E-state index contributed by atoms with van der Waals surface area (Å²) in [5.74, 6) is 0.361. The fourth-order valence-electron chi connectivity index (χ4n) is 2.25. The molecule has 0 unspecified atom stereocenters. The summed E-state index contributed by atoms with van der Waals surface area (Å²) < 4.78 is 26.5. The van der Waals surface area contributed by atoms with Gasteiger partial charge in [0.05, 0.1) is 28.6 Å². The number of hydrogen-bond acceptors (Lipinski definition) is 6. The van der Waals surface area contributed by atoms with E-state index in [1.807, 2.05) is 34.9 Å². The van der Waals surface area contributed by atoms with Gasteiger partial charge in [0.2, 0.25) is 10.0 Å². The van der Waals surface area contributed by atoms with Crippen LogP contribution < -0.4 is 4.72 Å². The van der Waals surface area contributed by atoms with Gasteiger partial charge < -0.3 is 0 Å². The highest BCUT2D eigenvalue weighted by Gasteiger charge is 2.12. The summed E-state index contributed by atoms with van der Waals surface area (Å²) in [7, 11) is -3.18. The van der Waals surface area contributed by atoms with Crippen molar-refractivity contribution in [1.82, 2.24) is 14.1 Å². The van der Waals surface area contributed by atoms with Crippen molar-refractivity contribution in [3.05, 3.63) is 52.5 Å². The van der Waals surface area contributed by atoms with Crippen molar-refractivity contribution in [2.24, 2.45) is 0 Å². The molecule has 0 aliphatic rings. The average molecular weight is 396 g/mol. The summed E-state index contributed by atoms with van der Waals surface area (Å²) in [5, 5.41) is 0.790. The van der Waals surface area contributed by atoms with Crippen molar-refractivity contribution in [3.8, 4) is 0 Å². The van der Waals surface area contributed by atoms with Crippen molar-refractivity contribution in [2.75, 3.05) is 18.6 Å². The fourth-order valence-corrected chi connectivity index (χ4v) is 4.61. The first-order valence-electron chi connectivity index (χ1n) is 7.54. The molecule has 0 fully saturated rings. The van der Waals surface area contributed by atoms with Gasteiger partial charge in [-0.3, -0.25) is 9.20 Å². The molecule has 25 heavy (non-hydrogen) atoms. The molecule has 9 heteroatoms. The van der Waals surface area contributed by atoms with Gasteiger partial charge in [-0.2, -0.15) is 0 Å². The number of thioether (sulfide) groups is 1. The molecule has 0 aliphatic carbocycles. The number of thiophene rings is 1. The molecule has 0 atom stereocenters. The van der Waals surface area contributed by atoms with Crippen LogP contribution in [0.2, 0.25) is 0 Å². The van der Waals surface area contributed by atoms with Crippen molar-refractivity contribution < 1.29 is 13.2 Å². The molecule has 1 N–H and O–H groups in total. The van der Waals surface area contributed by atoms with E-state index in [0.717, 1.165) is 21.8 Å². The number of ketones is 1. The maximum atomic E-state index is 12.4. The van der Waals surface area contributed by atoms with Crippen LogP contribution in [0.5, 0.6) is 0 Å². The molecule has 0 radical (unpaired) electrons. The Bertz CT molecular complexity index is 992. The van der Waals surface area contributed by atoms with Crippen LogP contribution in [-0.2, 0) is 16.4 Å². The van der Waals surface area contributed by atoms with Crippen LogP contribution in [0.3, 0.4) is 0 Å². The normalized spacial score (nSPS) is 11.9. The summed E-state index contributed by atoms with van der Waals surface area (Å²) in [4.78, 5) is 18.4. The Labute approximate surface area is 154 Å². The number of pyridine rings is 1. The zero-order chi connectivity index (χ0) is 17.9. The van der Waals surface area contributed by atoms with Gasteiger partial charge in [0.25, 0.3) is 0 Å². The maximum Gasteiger partial charge on any atom is 0.208 e. The van der Waals surface area contributed by atoms with Crippen molar-refractivity contribution in [1.29, 1.82) is 0 Å². The summed E-state index contributed by atoms with van der Waals surface area (Å²) in [6, 6.07) is 9.51. The van der Waals surface area contributed by atoms with Crippen molar-refractivity contribution in [3.63, 3.8) is 0 Å². The molecule has 0 aliphatic heterocycles. The van der Waals surface area contributed by atoms with Gasteiger partial charge >= 0.3 is 0 Å². The number of hydrogen-bond donors (Lipinski definition) is 1. The molecular formula is C16H17N3O3S3. The number of aromatic nitrogens is 2. The van der Waals surface area contributed by atoms with Gasteiger partial charge in [-0.1, -0.05) is 17.8 Å². The third-order valence-electron chi connectivity index (χ3n) is 3.41. The number of fused-ring (bicyclic) bond motifs is 1. The number of carbonyl (C=O) groups is 1. The first-order chi connectivity index (χ1) is 11.9. The number of nitrogens with zero attached hydrogens (tertiary/aromatic N) is 2.